The molecule has 13 heteroatoms. The largest absolute Gasteiger partial charge is 0.673 e. The fourth-order valence-electron chi connectivity index (χ4n) is 2.72. The molecule has 0 bridgehead atoms. The van der Waals surface area contributed by atoms with Crippen molar-refractivity contribution >= 4 is 37.1 Å². The number of nitrogens with zero attached hydrogens (tertiary/aromatic N) is 2. The first-order chi connectivity index (χ1) is 16.0. The zero-order valence-corrected chi connectivity index (χ0v) is 26.1. The van der Waals surface area contributed by atoms with Crippen molar-refractivity contribution in [1.29, 1.82) is 0 Å². The summed E-state index contributed by atoms with van der Waals surface area (Å²) >= 11 is 2.62. The second-order valence-electron chi connectivity index (χ2n) is 11.3. The van der Waals surface area contributed by atoms with Gasteiger partial charge in [-0.05, 0) is 29.0 Å². The molecule has 1 atom stereocenters. The highest BCUT2D eigenvalue weighted by atomic mass is 127. The topological polar surface area (TPSA) is 0 Å². The highest BCUT2D eigenvalue weighted by molar-refractivity contribution is 14.1. The SMILES string of the molecule is CCCCCCCCCCCCCCCC(I)[N+](C)(C)C.C[N+](C)(C)C.F[B-](F)(F)F.F[B-](F)(F)F. The van der Waals surface area contributed by atoms with E-state index in [0.29, 0.717) is 0 Å². The van der Waals surface area contributed by atoms with Crippen molar-refractivity contribution in [1.82, 2.24) is 0 Å². The van der Waals surface area contributed by atoms with Crippen LogP contribution < -0.4 is 0 Å². The minimum Gasteiger partial charge on any atom is -0.418 e. The van der Waals surface area contributed by atoms with Gasteiger partial charge in [0.25, 0.3) is 0 Å². The average Bonchev–Trinajstić information content (AvgIpc) is 2.60. The van der Waals surface area contributed by atoms with Gasteiger partial charge in [0, 0.05) is 6.42 Å². The monoisotopic (exact) mass is 658 g/mol. The van der Waals surface area contributed by atoms with Crippen molar-refractivity contribution in [2.45, 2.75) is 101 Å². The second-order valence-corrected chi connectivity index (χ2v) is 12.7. The molecule has 0 aliphatic rings. The number of quaternary nitrogens is 2. The lowest BCUT2D eigenvalue weighted by atomic mass is 10.0. The molecule has 0 aromatic rings. The van der Waals surface area contributed by atoms with Gasteiger partial charge in [-0.25, -0.2) is 0 Å². The van der Waals surface area contributed by atoms with Crippen LogP contribution in [-0.2, 0) is 0 Å². The van der Waals surface area contributed by atoms with E-state index >= 15 is 0 Å². The molecule has 0 aliphatic carbocycles. The first-order valence-corrected chi connectivity index (χ1v) is 14.2. The molecule has 0 radical (unpaired) electrons. The molecule has 0 aliphatic heterocycles. The lowest BCUT2D eigenvalue weighted by molar-refractivity contribution is -0.876. The number of unbranched alkanes of at least 4 members (excludes halogenated alkanes) is 12. The van der Waals surface area contributed by atoms with Crippen LogP contribution in [0.25, 0.3) is 0 Å². The van der Waals surface area contributed by atoms with Crippen LogP contribution in [0.2, 0.25) is 0 Å². The highest BCUT2D eigenvalue weighted by Crippen LogP contribution is 2.19. The van der Waals surface area contributed by atoms with Gasteiger partial charge < -0.3 is 43.5 Å². The molecule has 224 valence electrons. The molecular weight excluding hydrogens is 605 g/mol. The van der Waals surface area contributed by atoms with Gasteiger partial charge in [-0.1, -0.05) is 84.0 Å². The Balaban J connectivity index is -0.000000275. The van der Waals surface area contributed by atoms with Gasteiger partial charge in [0.1, 0.15) is 4.05 Å². The Bertz CT molecular complexity index is 409. The van der Waals surface area contributed by atoms with E-state index in [1.165, 1.54) is 89.9 Å². The van der Waals surface area contributed by atoms with Gasteiger partial charge in [0.05, 0.1) is 49.3 Å². The maximum Gasteiger partial charge on any atom is 0.673 e. The van der Waals surface area contributed by atoms with E-state index in [0.717, 1.165) is 13.0 Å². The average molecular weight is 658 g/mol. The third kappa shape index (κ3) is 83.9. The van der Waals surface area contributed by atoms with E-state index < -0.39 is 14.5 Å². The number of hydrogen-bond donors (Lipinski definition) is 0. The molecule has 0 fully saturated rings. The van der Waals surface area contributed by atoms with Crippen molar-refractivity contribution in [2.75, 3.05) is 49.3 Å². The zero-order valence-electron chi connectivity index (χ0n) is 23.9. The molecule has 0 aromatic carbocycles. The normalized spacial score (nSPS) is 12.9. The van der Waals surface area contributed by atoms with Crippen LogP contribution in [0.15, 0.2) is 0 Å². The molecule has 2 nitrogen and oxygen atoms in total. The summed E-state index contributed by atoms with van der Waals surface area (Å²) in [5.74, 6) is 0. The van der Waals surface area contributed by atoms with Crippen LogP contribution in [0.1, 0.15) is 96.8 Å². The Morgan fingerprint density at radius 2 is 0.694 bits per heavy atom. The van der Waals surface area contributed by atoms with Crippen LogP contribution in [0, 0.1) is 0 Å². The lowest BCUT2D eigenvalue weighted by Crippen LogP contribution is -2.41. The highest BCUT2D eigenvalue weighted by Gasteiger charge is 2.21. The second kappa shape index (κ2) is 24.3. The molecule has 0 rings (SSSR count). The van der Waals surface area contributed by atoms with E-state index in [1.54, 1.807) is 0 Å². The Labute approximate surface area is 230 Å². The summed E-state index contributed by atoms with van der Waals surface area (Å²) in [6.45, 7) is 2.29. The summed E-state index contributed by atoms with van der Waals surface area (Å²) in [7, 11) is 3.41. The summed E-state index contributed by atoms with van der Waals surface area (Å²) in [6, 6.07) is 0. The fourth-order valence-corrected chi connectivity index (χ4v) is 3.16. The third-order valence-electron chi connectivity index (χ3n) is 4.39. The summed E-state index contributed by atoms with van der Waals surface area (Å²) < 4.78 is 80.9. The fraction of sp³-hybridized carbons (Fsp3) is 1.00. The van der Waals surface area contributed by atoms with Crippen LogP contribution >= 0.6 is 22.6 Å². The number of rotatable bonds is 15. The predicted molar refractivity (Wildman–Crippen MR) is 150 cm³/mol. The molecule has 0 heterocycles. The van der Waals surface area contributed by atoms with Crippen LogP contribution in [0.3, 0.4) is 0 Å². The van der Waals surface area contributed by atoms with Crippen molar-refractivity contribution in [3.8, 4) is 0 Å². The Morgan fingerprint density at radius 3 is 0.889 bits per heavy atom. The molecule has 36 heavy (non-hydrogen) atoms. The minimum atomic E-state index is -6.00. The van der Waals surface area contributed by atoms with E-state index in [4.69, 9.17) is 0 Å². The van der Waals surface area contributed by atoms with Crippen LogP contribution in [-0.4, -0.2) is 76.9 Å². The smallest absolute Gasteiger partial charge is 0.418 e. The van der Waals surface area contributed by atoms with E-state index in [2.05, 4.69) is 78.8 Å². The third-order valence-corrected chi connectivity index (χ3v) is 6.68. The van der Waals surface area contributed by atoms with E-state index in [1.807, 2.05) is 0 Å². The maximum absolute atomic E-state index is 9.75. The zero-order chi connectivity index (χ0) is 29.5. The molecule has 1 unspecified atom stereocenters. The Hall–Kier alpha value is 0.220. The summed E-state index contributed by atoms with van der Waals surface area (Å²) in [5, 5.41) is 0. The minimum absolute atomic E-state index is 0.773. The molecule has 0 N–H and O–H groups in total. The summed E-state index contributed by atoms with van der Waals surface area (Å²) in [6.07, 6.45) is 20.3. The number of halogens is 9. The van der Waals surface area contributed by atoms with Crippen LogP contribution in [0.4, 0.5) is 34.5 Å². The molecule has 0 spiro atoms. The Morgan fingerprint density at radius 1 is 0.500 bits per heavy atom. The van der Waals surface area contributed by atoms with Crippen molar-refractivity contribution in [2.24, 2.45) is 0 Å². The van der Waals surface area contributed by atoms with Crippen molar-refractivity contribution in [3.63, 3.8) is 0 Å². The van der Waals surface area contributed by atoms with E-state index in [9.17, 15) is 34.5 Å². The molecular formula is C23H53B2F8IN2. The van der Waals surface area contributed by atoms with Gasteiger partial charge in [0.2, 0.25) is 0 Å². The van der Waals surface area contributed by atoms with Gasteiger partial charge in [-0.2, -0.15) is 0 Å². The van der Waals surface area contributed by atoms with E-state index in [-0.39, 0.29) is 0 Å². The van der Waals surface area contributed by atoms with Gasteiger partial charge in [0.15, 0.2) is 0 Å². The van der Waals surface area contributed by atoms with Crippen molar-refractivity contribution < 1.29 is 43.5 Å². The lowest BCUT2D eigenvalue weighted by Gasteiger charge is -2.30. The quantitative estimate of drug-likeness (QED) is 0.0313. The number of hydrogen-bond acceptors (Lipinski definition) is 0. The summed E-state index contributed by atoms with van der Waals surface area (Å²) in [5.41, 5.74) is 0. The molecule has 0 saturated heterocycles. The molecule has 0 aromatic heterocycles. The van der Waals surface area contributed by atoms with Gasteiger partial charge in [-0.15, -0.1) is 0 Å². The standard InChI is InChI=1S/C19H41IN.C4H12N.2BF4/c1-5-6-7-8-9-10-11-12-13-14-15-16-17-18-19(20)21(2,3)4;1-5(2,3)4;2*2-1(3,4)5/h19H,5-18H2,1-4H3;1-4H3;;/q2*+1;2*-1. The predicted octanol–water partition coefficient (Wildman–Crippen LogP) is 9.86. The number of alkyl halides is 1. The summed E-state index contributed by atoms with van der Waals surface area (Å²) in [4.78, 5) is 0. The molecule has 0 amide bonds. The van der Waals surface area contributed by atoms with Gasteiger partial charge >= 0.3 is 14.5 Å². The van der Waals surface area contributed by atoms with Gasteiger partial charge in [-0.3, -0.25) is 0 Å². The van der Waals surface area contributed by atoms with Crippen molar-refractivity contribution in [3.05, 3.63) is 0 Å². The first-order valence-electron chi connectivity index (χ1n) is 13.0. The maximum atomic E-state index is 9.75. The van der Waals surface area contributed by atoms with Crippen LogP contribution in [0.5, 0.6) is 0 Å². The Kier molecular flexibility index (Phi) is 29.2. The molecule has 0 saturated carbocycles. The first kappa shape index (κ1) is 43.3.